The lowest BCUT2D eigenvalue weighted by Gasteiger charge is -2.32. The predicted molar refractivity (Wildman–Crippen MR) is 50.6 cm³/mol. The molecule has 0 spiro atoms. The Kier molecular flexibility index (Phi) is 4.69. The van der Waals surface area contributed by atoms with Gasteiger partial charge in [-0.3, -0.25) is 4.90 Å². The van der Waals surface area contributed by atoms with Crippen molar-refractivity contribution in [2.24, 2.45) is 11.7 Å². The first-order chi connectivity index (χ1) is 5.00. The molecule has 0 aliphatic heterocycles. The molecule has 2 nitrogen and oxygen atoms in total. The van der Waals surface area contributed by atoms with E-state index in [-0.39, 0.29) is 0 Å². The number of hydrogen-bond acceptors (Lipinski definition) is 2. The third-order valence-corrected chi connectivity index (χ3v) is 2.64. The van der Waals surface area contributed by atoms with Crippen LogP contribution in [0.4, 0.5) is 0 Å². The normalized spacial score (nSPS) is 17.5. The number of nitrogens with two attached hydrogens (primary N) is 1. The molecule has 0 aliphatic rings. The van der Waals surface area contributed by atoms with Crippen molar-refractivity contribution in [1.29, 1.82) is 0 Å². The summed E-state index contributed by atoms with van der Waals surface area (Å²) in [6.45, 7) is 9.64. The van der Waals surface area contributed by atoms with E-state index in [0.29, 0.717) is 18.0 Å². The van der Waals surface area contributed by atoms with Crippen molar-refractivity contribution >= 4 is 0 Å². The summed E-state index contributed by atoms with van der Waals surface area (Å²) in [5.41, 5.74) is 5.57. The molecule has 2 atom stereocenters. The van der Waals surface area contributed by atoms with Gasteiger partial charge in [-0.2, -0.15) is 0 Å². The van der Waals surface area contributed by atoms with E-state index in [9.17, 15) is 0 Å². The van der Waals surface area contributed by atoms with E-state index in [0.717, 1.165) is 6.54 Å². The maximum Gasteiger partial charge on any atom is 0.0190 e. The molecule has 0 radical (unpaired) electrons. The molecule has 0 aromatic rings. The van der Waals surface area contributed by atoms with Crippen LogP contribution in [-0.4, -0.2) is 30.6 Å². The Morgan fingerprint density at radius 2 is 1.64 bits per heavy atom. The lowest BCUT2D eigenvalue weighted by atomic mass is 10.0. The molecular weight excluding hydrogens is 136 g/mol. The fourth-order valence-electron chi connectivity index (χ4n) is 1.04. The summed E-state index contributed by atoms with van der Waals surface area (Å²) in [7, 11) is 2.14. The van der Waals surface area contributed by atoms with Crippen molar-refractivity contribution in [3.8, 4) is 0 Å². The Balaban J connectivity index is 3.90. The molecule has 0 heterocycles. The maximum absolute atomic E-state index is 5.57. The van der Waals surface area contributed by atoms with Crippen LogP contribution in [0.1, 0.15) is 27.7 Å². The fraction of sp³-hybridized carbons (Fsp3) is 1.00. The molecule has 0 aromatic heterocycles. The average Bonchev–Trinajstić information content (AvgIpc) is 2.00. The lowest BCUT2D eigenvalue weighted by molar-refractivity contribution is 0.161. The van der Waals surface area contributed by atoms with E-state index in [1.54, 1.807) is 0 Å². The third kappa shape index (κ3) is 3.21. The van der Waals surface area contributed by atoms with E-state index < -0.39 is 0 Å². The summed E-state index contributed by atoms with van der Waals surface area (Å²) in [4.78, 5) is 2.34. The highest BCUT2D eigenvalue weighted by Gasteiger charge is 2.16. The lowest BCUT2D eigenvalue weighted by Crippen LogP contribution is -2.43. The minimum absolute atomic E-state index is 0.493. The number of hydrogen-bond donors (Lipinski definition) is 1. The second kappa shape index (κ2) is 4.73. The van der Waals surface area contributed by atoms with Crippen molar-refractivity contribution in [3.05, 3.63) is 0 Å². The van der Waals surface area contributed by atoms with Gasteiger partial charge in [0.15, 0.2) is 0 Å². The minimum Gasteiger partial charge on any atom is -0.329 e. The summed E-state index contributed by atoms with van der Waals surface area (Å²) in [6.07, 6.45) is 0. The van der Waals surface area contributed by atoms with Gasteiger partial charge in [0.25, 0.3) is 0 Å². The van der Waals surface area contributed by atoms with E-state index >= 15 is 0 Å². The van der Waals surface area contributed by atoms with Crippen LogP contribution in [0.15, 0.2) is 0 Å². The summed E-state index contributed by atoms with van der Waals surface area (Å²) in [5, 5.41) is 0. The molecule has 2 heteroatoms. The first-order valence-corrected chi connectivity index (χ1v) is 4.42. The topological polar surface area (TPSA) is 29.3 Å². The van der Waals surface area contributed by atoms with Crippen molar-refractivity contribution in [3.63, 3.8) is 0 Å². The summed E-state index contributed by atoms with van der Waals surface area (Å²) >= 11 is 0. The molecular formula is C9H22N2. The molecule has 0 bridgehead atoms. The van der Waals surface area contributed by atoms with Gasteiger partial charge in [0.2, 0.25) is 0 Å². The molecule has 11 heavy (non-hydrogen) atoms. The first kappa shape index (κ1) is 10.9. The summed E-state index contributed by atoms with van der Waals surface area (Å²) in [5.74, 6) is 0.703. The Morgan fingerprint density at radius 1 is 1.18 bits per heavy atom. The first-order valence-electron chi connectivity index (χ1n) is 4.42. The van der Waals surface area contributed by atoms with Gasteiger partial charge in [-0.1, -0.05) is 13.8 Å². The SMILES string of the molecule is CC(C)C(C)N(C)C(C)CN. The molecule has 0 rings (SSSR count). The number of nitrogens with zero attached hydrogens (tertiary/aromatic N) is 1. The number of rotatable bonds is 4. The van der Waals surface area contributed by atoms with Gasteiger partial charge in [-0.15, -0.1) is 0 Å². The molecule has 0 saturated carbocycles. The van der Waals surface area contributed by atoms with Crippen molar-refractivity contribution in [2.45, 2.75) is 39.8 Å². The van der Waals surface area contributed by atoms with Gasteiger partial charge >= 0.3 is 0 Å². The molecule has 0 amide bonds. The smallest absolute Gasteiger partial charge is 0.0190 e. The van der Waals surface area contributed by atoms with Crippen molar-refractivity contribution in [1.82, 2.24) is 4.90 Å². The van der Waals surface area contributed by atoms with E-state index in [2.05, 4.69) is 39.6 Å². The Hall–Kier alpha value is -0.0800. The molecule has 0 aromatic carbocycles. The third-order valence-electron chi connectivity index (χ3n) is 2.64. The van der Waals surface area contributed by atoms with Crippen LogP contribution in [0.25, 0.3) is 0 Å². The highest BCUT2D eigenvalue weighted by Crippen LogP contribution is 2.10. The Labute approximate surface area is 70.8 Å². The summed E-state index contributed by atoms with van der Waals surface area (Å²) < 4.78 is 0. The van der Waals surface area contributed by atoms with Crippen LogP contribution in [0, 0.1) is 5.92 Å². The van der Waals surface area contributed by atoms with Gasteiger partial charge in [-0.25, -0.2) is 0 Å². The van der Waals surface area contributed by atoms with Crippen LogP contribution in [0.3, 0.4) is 0 Å². The molecule has 2 N–H and O–H groups in total. The van der Waals surface area contributed by atoms with Crippen LogP contribution < -0.4 is 5.73 Å². The Bertz CT molecular complexity index is 102. The van der Waals surface area contributed by atoms with Crippen molar-refractivity contribution in [2.75, 3.05) is 13.6 Å². The standard InChI is InChI=1S/C9H22N2/c1-7(2)9(4)11(5)8(3)6-10/h7-9H,6,10H2,1-5H3. The monoisotopic (exact) mass is 158 g/mol. The van der Waals surface area contributed by atoms with Gasteiger partial charge < -0.3 is 5.73 Å². The summed E-state index contributed by atoms with van der Waals surface area (Å²) in [6, 6.07) is 1.11. The van der Waals surface area contributed by atoms with Crippen LogP contribution >= 0.6 is 0 Å². The van der Waals surface area contributed by atoms with E-state index in [1.807, 2.05) is 0 Å². The van der Waals surface area contributed by atoms with Crippen LogP contribution in [-0.2, 0) is 0 Å². The van der Waals surface area contributed by atoms with Gasteiger partial charge in [0, 0.05) is 18.6 Å². The van der Waals surface area contributed by atoms with Crippen LogP contribution in [0.2, 0.25) is 0 Å². The largest absolute Gasteiger partial charge is 0.329 e. The van der Waals surface area contributed by atoms with Crippen LogP contribution in [0.5, 0.6) is 0 Å². The van der Waals surface area contributed by atoms with Gasteiger partial charge in [-0.05, 0) is 26.8 Å². The van der Waals surface area contributed by atoms with Gasteiger partial charge in [0.05, 0.1) is 0 Å². The average molecular weight is 158 g/mol. The van der Waals surface area contributed by atoms with E-state index in [4.69, 9.17) is 5.73 Å². The molecule has 0 aliphatic carbocycles. The second-order valence-electron chi connectivity index (χ2n) is 3.73. The van der Waals surface area contributed by atoms with E-state index in [1.165, 1.54) is 0 Å². The highest BCUT2D eigenvalue weighted by atomic mass is 15.2. The maximum atomic E-state index is 5.57. The van der Waals surface area contributed by atoms with Crippen molar-refractivity contribution < 1.29 is 0 Å². The minimum atomic E-state index is 0.493. The zero-order valence-corrected chi connectivity index (χ0v) is 8.46. The highest BCUT2D eigenvalue weighted by molar-refractivity contribution is 4.72. The molecule has 0 fully saturated rings. The fourth-order valence-corrected chi connectivity index (χ4v) is 1.04. The number of likely N-dealkylation sites (N-methyl/N-ethyl adjacent to an activating group) is 1. The molecule has 2 unspecified atom stereocenters. The van der Waals surface area contributed by atoms with Gasteiger partial charge in [0.1, 0.15) is 0 Å². The zero-order chi connectivity index (χ0) is 9.02. The Morgan fingerprint density at radius 3 is 1.91 bits per heavy atom. The predicted octanol–water partition coefficient (Wildman–Crippen LogP) is 1.31. The quantitative estimate of drug-likeness (QED) is 0.668. The molecule has 68 valence electrons. The zero-order valence-electron chi connectivity index (χ0n) is 8.46. The molecule has 0 saturated heterocycles. The second-order valence-corrected chi connectivity index (χ2v) is 3.73.